The molecule has 0 heterocycles. The van der Waals surface area contributed by atoms with Gasteiger partial charge >= 0.3 is 0 Å². The minimum absolute atomic E-state index is 0.188. The Kier molecular flexibility index (Phi) is 6.13. The van der Waals surface area contributed by atoms with E-state index in [-0.39, 0.29) is 9.79 Å². The summed E-state index contributed by atoms with van der Waals surface area (Å²) in [6, 6.07) is 21.2. The molecule has 4 nitrogen and oxygen atoms in total. The molecule has 5 rings (SSSR count). The minimum Gasteiger partial charge on any atom is -0.223 e. The summed E-state index contributed by atoms with van der Waals surface area (Å²) in [6.07, 6.45) is 8.37. The van der Waals surface area contributed by atoms with Gasteiger partial charge in [0.2, 0.25) is 0 Å². The van der Waals surface area contributed by atoms with Crippen LogP contribution in [0, 0.1) is 19.3 Å². The topological polar surface area (TPSA) is 68.3 Å². The number of rotatable bonds is 4. The van der Waals surface area contributed by atoms with Crippen LogP contribution in [-0.2, 0) is 26.1 Å². The predicted molar refractivity (Wildman–Crippen MR) is 143 cm³/mol. The Balaban J connectivity index is 1.73. The Bertz CT molecular complexity index is 1610. The Morgan fingerprint density at radius 1 is 0.778 bits per heavy atom. The summed E-state index contributed by atoms with van der Waals surface area (Å²) in [7, 11) is -7.69. The average molecular weight is 517 g/mol. The van der Waals surface area contributed by atoms with Crippen LogP contribution in [0.4, 0.5) is 0 Å². The third-order valence-electron chi connectivity index (χ3n) is 7.22. The van der Waals surface area contributed by atoms with Gasteiger partial charge in [-0.25, -0.2) is 16.8 Å². The maximum Gasteiger partial charge on any atom is 0.200 e. The fraction of sp³-hybridized carbons (Fsp3) is 0.200. The first kappa shape index (κ1) is 24.5. The van der Waals surface area contributed by atoms with Crippen LogP contribution in [0.1, 0.15) is 33.9 Å². The lowest BCUT2D eigenvalue weighted by molar-refractivity contribution is 0.377. The first-order chi connectivity index (χ1) is 17.1. The van der Waals surface area contributed by atoms with Gasteiger partial charge in [0.1, 0.15) is 5.25 Å². The molecule has 0 radical (unpaired) electrons. The van der Waals surface area contributed by atoms with Crippen molar-refractivity contribution < 1.29 is 16.8 Å². The van der Waals surface area contributed by atoms with E-state index in [1.54, 1.807) is 60.7 Å². The molecule has 2 atom stereocenters. The highest BCUT2D eigenvalue weighted by Crippen LogP contribution is 2.56. The van der Waals surface area contributed by atoms with E-state index in [2.05, 4.69) is 0 Å². The molecule has 2 unspecified atom stereocenters. The van der Waals surface area contributed by atoms with E-state index >= 15 is 0 Å². The van der Waals surface area contributed by atoms with Gasteiger partial charge in [-0.2, -0.15) is 0 Å². The Morgan fingerprint density at radius 2 is 1.39 bits per heavy atom. The number of hydrogen-bond acceptors (Lipinski definition) is 4. The van der Waals surface area contributed by atoms with Crippen molar-refractivity contribution in [3.8, 4) is 0 Å². The first-order valence-corrected chi connectivity index (χ1v) is 15.0. The smallest absolute Gasteiger partial charge is 0.200 e. The van der Waals surface area contributed by atoms with Crippen molar-refractivity contribution in [2.75, 3.05) is 0 Å². The Morgan fingerprint density at radius 3 is 2.06 bits per heavy atom. The quantitative estimate of drug-likeness (QED) is 0.412. The molecule has 0 fully saturated rings. The van der Waals surface area contributed by atoms with Crippen LogP contribution in [0.5, 0.6) is 0 Å². The molecule has 3 aromatic rings. The van der Waals surface area contributed by atoms with Crippen LogP contribution in [0.15, 0.2) is 118 Å². The first-order valence-electron chi connectivity index (χ1n) is 11.9. The highest BCUT2D eigenvalue weighted by molar-refractivity contribution is 7.94. The molecule has 184 valence electrons. The highest BCUT2D eigenvalue weighted by atomic mass is 32.2. The van der Waals surface area contributed by atoms with E-state index in [1.807, 2.05) is 50.3 Å². The summed E-state index contributed by atoms with van der Waals surface area (Å²) in [6.45, 7) is 3.82. The molecule has 0 aliphatic heterocycles. The fourth-order valence-electron chi connectivity index (χ4n) is 5.29. The van der Waals surface area contributed by atoms with Crippen LogP contribution in [0.3, 0.4) is 0 Å². The second-order valence-corrected chi connectivity index (χ2v) is 13.5. The van der Waals surface area contributed by atoms with Crippen molar-refractivity contribution in [1.29, 1.82) is 0 Å². The molecular formula is C30H28O4S2. The summed E-state index contributed by atoms with van der Waals surface area (Å²) in [4.78, 5) is 0.422. The molecule has 0 amide bonds. The molecule has 36 heavy (non-hydrogen) atoms. The molecule has 1 spiro atoms. The van der Waals surface area contributed by atoms with Gasteiger partial charge in [-0.1, -0.05) is 84.0 Å². The molecule has 3 aromatic carbocycles. The highest BCUT2D eigenvalue weighted by Gasteiger charge is 2.51. The van der Waals surface area contributed by atoms with Gasteiger partial charge < -0.3 is 0 Å². The van der Waals surface area contributed by atoms with Crippen LogP contribution in [0.25, 0.3) is 0 Å². The van der Waals surface area contributed by atoms with Crippen LogP contribution < -0.4 is 0 Å². The molecule has 0 saturated heterocycles. The maximum absolute atomic E-state index is 14.3. The van der Waals surface area contributed by atoms with Gasteiger partial charge in [0, 0.05) is 10.8 Å². The van der Waals surface area contributed by atoms with Gasteiger partial charge in [-0.3, -0.25) is 0 Å². The van der Waals surface area contributed by atoms with Crippen molar-refractivity contribution in [3.05, 3.63) is 130 Å². The minimum atomic E-state index is -3.88. The summed E-state index contributed by atoms with van der Waals surface area (Å²) >= 11 is 0. The van der Waals surface area contributed by atoms with E-state index in [0.29, 0.717) is 18.4 Å². The monoisotopic (exact) mass is 516 g/mol. The standard InChI is InChI=1S/C30H28O4S2/c1-22-10-14-26(15-11-22)35(31,32)21-25-8-5-6-19-30(25)20-18-24-7-3-4-9-28(24)29(30)36(33,34)27-16-12-23(2)13-17-27/h3-17,19,21,29H,18,20H2,1-2H3/b25-21+. The molecule has 2 aliphatic carbocycles. The van der Waals surface area contributed by atoms with Gasteiger partial charge in [0.05, 0.1) is 9.79 Å². The molecule has 0 bridgehead atoms. The van der Waals surface area contributed by atoms with E-state index in [0.717, 1.165) is 22.3 Å². The van der Waals surface area contributed by atoms with Crippen molar-refractivity contribution >= 4 is 19.7 Å². The molecule has 6 heteroatoms. The van der Waals surface area contributed by atoms with Gasteiger partial charge in [-0.05, 0) is 67.7 Å². The Labute approximate surface area is 213 Å². The number of aryl methyl sites for hydroxylation is 3. The second-order valence-electron chi connectivity index (χ2n) is 9.63. The summed E-state index contributed by atoms with van der Waals surface area (Å²) in [5.41, 5.74) is 3.10. The molecule has 0 N–H and O–H groups in total. The van der Waals surface area contributed by atoms with Crippen molar-refractivity contribution in [3.63, 3.8) is 0 Å². The van der Waals surface area contributed by atoms with Gasteiger partial charge in [-0.15, -0.1) is 0 Å². The van der Waals surface area contributed by atoms with Crippen molar-refractivity contribution in [2.45, 2.75) is 41.7 Å². The van der Waals surface area contributed by atoms with Crippen LogP contribution in [0.2, 0.25) is 0 Å². The molecule has 0 aromatic heterocycles. The molecule has 2 aliphatic rings. The third kappa shape index (κ3) is 4.18. The van der Waals surface area contributed by atoms with E-state index < -0.39 is 30.3 Å². The Hall–Kier alpha value is -3.22. The summed E-state index contributed by atoms with van der Waals surface area (Å²) in [5.74, 6) is 0. The third-order valence-corrected chi connectivity index (χ3v) is 10.9. The summed E-state index contributed by atoms with van der Waals surface area (Å²) in [5, 5.41) is 0.307. The average Bonchev–Trinajstić information content (AvgIpc) is 2.85. The lowest BCUT2D eigenvalue weighted by atomic mass is 9.65. The van der Waals surface area contributed by atoms with Crippen molar-refractivity contribution in [1.82, 2.24) is 0 Å². The van der Waals surface area contributed by atoms with E-state index in [4.69, 9.17) is 0 Å². The fourth-order valence-corrected chi connectivity index (χ4v) is 8.81. The zero-order valence-electron chi connectivity index (χ0n) is 20.3. The molecule has 0 saturated carbocycles. The largest absolute Gasteiger partial charge is 0.223 e. The summed E-state index contributed by atoms with van der Waals surface area (Å²) < 4.78 is 55.6. The number of hydrogen-bond donors (Lipinski definition) is 0. The lowest BCUT2D eigenvalue weighted by Gasteiger charge is -2.44. The molecular weight excluding hydrogens is 488 g/mol. The number of benzene rings is 3. The lowest BCUT2D eigenvalue weighted by Crippen LogP contribution is -2.39. The SMILES string of the molecule is Cc1ccc(S(=O)(=O)/C=C2\C=CC=CC23CCc2ccccc2C3S(=O)(=O)c2ccc(C)cc2)cc1. The van der Waals surface area contributed by atoms with Crippen molar-refractivity contribution in [2.24, 2.45) is 5.41 Å². The number of allylic oxidation sites excluding steroid dienone is 5. The number of sulfone groups is 2. The number of fused-ring (bicyclic) bond motifs is 1. The predicted octanol–water partition coefficient (Wildman–Crippen LogP) is 6.23. The van der Waals surface area contributed by atoms with Gasteiger partial charge in [0.25, 0.3) is 0 Å². The van der Waals surface area contributed by atoms with Gasteiger partial charge in [0.15, 0.2) is 19.7 Å². The second kappa shape index (κ2) is 9.02. The zero-order chi connectivity index (χ0) is 25.6. The van der Waals surface area contributed by atoms with Crippen LogP contribution in [-0.4, -0.2) is 16.8 Å². The van der Waals surface area contributed by atoms with E-state index in [9.17, 15) is 16.8 Å². The van der Waals surface area contributed by atoms with E-state index in [1.165, 1.54) is 5.41 Å². The normalized spacial score (nSPS) is 22.6. The maximum atomic E-state index is 14.3. The van der Waals surface area contributed by atoms with Crippen LogP contribution >= 0.6 is 0 Å². The zero-order valence-corrected chi connectivity index (χ0v) is 21.9.